The Kier molecular flexibility index (Phi) is 7.50. The average Bonchev–Trinajstić information content (AvgIpc) is 2.91. The summed E-state index contributed by atoms with van der Waals surface area (Å²) < 4.78 is 4.86. The second kappa shape index (κ2) is 7.81. The molecule has 14 heavy (non-hydrogen) atoms. The molecule has 1 fully saturated rings. The summed E-state index contributed by atoms with van der Waals surface area (Å²) in [5.74, 6) is 0. The third-order valence-electron chi connectivity index (χ3n) is 2.32. The van der Waals surface area contributed by atoms with E-state index in [1.807, 2.05) is 0 Å². The van der Waals surface area contributed by atoms with Crippen molar-refractivity contribution in [2.45, 2.75) is 53.1 Å². The van der Waals surface area contributed by atoms with Crippen LogP contribution in [0.3, 0.4) is 0 Å². The highest BCUT2D eigenvalue weighted by Gasteiger charge is 2.18. The van der Waals surface area contributed by atoms with Crippen LogP contribution in [-0.4, -0.2) is 12.7 Å². The van der Waals surface area contributed by atoms with Gasteiger partial charge in [0.2, 0.25) is 0 Å². The average molecular weight is 196 g/mol. The molecule has 1 unspecified atom stereocenters. The van der Waals surface area contributed by atoms with Crippen LogP contribution in [0.4, 0.5) is 0 Å². The molecular formula is C13H24O. The Balaban J connectivity index is 0.000000246. The summed E-state index contributed by atoms with van der Waals surface area (Å²) in [4.78, 5) is 0. The minimum absolute atomic E-state index is 0. The monoisotopic (exact) mass is 196 g/mol. The molecule has 1 saturated heterocycles. The van der Waals surface area contributed by atoms with Crippen molar-refractivity contribution < 1.29 is 4.74 Å². The maximum atomic E-state index is 4.86. The van der Waals surface area contributed by atoms with E-state index in [4.69, 9.17) is 4.74 Å². The highest BCUT2D eigenvalue weighted by atomic mass is 16.6. The fourth-order valence-electron chi connectivity index (χ4n) is 1.21. The second-order valence-corrected chi connectivity index (χ2v) is 3.70. The number of ether oxygens (including phenoxy) is 1. The zero-order valence-corrected chi connectivity index (χ0v) is 8.75. The van der Waals surface area contributed by atoms with Gasteiger partial charge in [0.05, 0.1) is 12.7 Å². The molecule has 2 aliphatic rings. The van der Waals surface area contributed by atoms with Crippen LogP contribution < -0.4 is 0 Å². The number of allylic oxidation sites excluding steroid dienone is 4. The van der Waals surface area contributed by atoms with E-state index in [0.29, 0.717) is 6.10 Å². The Morgan fingerprint density at radius 2 is 2.21 bits per heavy atom. The summed E-state index contributed by atoms with van der Waals surface area (Å²) in [6.45, 7) is 5.34. The van der Waals surface area contributed by atoms with Gasteiger partial charge in [0.1, 0.15) is 0 Å². The Morgan fingerprint density at radius 3 is 2.71 bits per heavy atom. The summed E-state index contributed by atoms with van der Waals surface area (Å²) in [5, 5.41) is 0. The molecule has 0 radical (unpaired) electrons. The molecule has 1 heterocycles. The van der Waals surface area contributed by atoms with Crippen molar-refractivity contribution in [3.8, 4) is 0 Å². The minimum atomic E-state index is 0. The lowest BCUT2D eigenvalue weighted by molar-refractivity contribution is 0.403. The number of rotatable bonds is 1. The Bertz CT molecular complexity index is 187. The summed E-state index contributed by atoms with van der Waals surface area (Å²) in [7, 11) is 0. The maximum Gasteiger partial charge on any atom is 0.0807 e. The predicted molar refractivity (Wildman–Crippen MR) is 63.5 cm³/mol. The largest absolute Gasteiger partial charge is 0.373 e. The molecule has 1 atom stereocenters. The number of hydrogen-bond acceptors (Lipinski definition) is 1. The van der Waals surface area contributed by atoms with Crippen molar-refractivity contribution in [1.29, 1.82) is 0 Å². The van der Waals surface area contributed by atoms with Gasteiger partial charge in [-0.15, -0.1) is 0 Å². The lowest BCUT2D eigenvalue weighted by Crippen LogP contribution is -1.73. The molecule has 0 saturated carbocycles. The summed E-state index contributed by atoms with van der Waals surface area (Å²) >= 11 is 0. The molecule has 0 aromatic heterocycles. The van der Waals surface area contributed by atoms with Crippen LogP contribution in [0.25, 0.3) is 0 Å². The highest BCUT2D eigenvalue weighted by molar-refractivity contribution is 5.12. The fourth-order valence-corrected chi connectivity index (χ4v) is 1.21. The summed E-state index contributed by atoms with van der Waals surface area (Å²) in [5.41, 5.74) is 1.51. The summed E-state index contributed by atoms with van der Waals surface area (Å²) in [6, 6.07) is 0. The smallest absolute Gasteiger partial charge is 0.0807 e. The van der Waals surface area contributed by atoms with Crippen molar-refractivity contribution in [3.63, 3.8) is 0 Å². The van der Waals surface area contributed by atoms with Crippen LogP contribution in [0, 0.1) is 0 Å². The maximum absolute atomic E-state index is 4.86. The molecule has 0 spiro atoms. The van der Waals surface area contributed by atoms with E-state index in [9.17, 15) is 0 Å². The molecule has 1 aliphatic heterocycles. The van der Waals surface area contributed by atoms with Crippen LogP contribution in [0.5, 0.6) is 0 Å². The van der Waals surface area contributed by atoms with Gasteiger partial charge in [-0.3, -0.25) is 0 Å². The molecule has 0 amide bonds. The Labute approximate surface area is 88.9 Å². The summed E-state index contributed by atoms with van der Waals surface area (Å²) in [6.07, 6.45) is 12.3. The molecule has 1 aliphatic carbocycles. The van der Waals surface area contributed by atoms with Gasteiger partial charge in [0, 0.05) is 0 Å². The first-order valence-electron chi connectivity index (χ1n) is 5.27. The standard InChI is InChI=1S/C8H12.C4H8O.CH4/c1-8-6-4-2-3-5-7-8;1-2-4-3-5-4;/h2,4,6H,3,5,7H2,1H3;4H,2-3H2,1H3;1H4. The van der Waals surface area contributed by atoms with Gasteiger partial charge in [-0.25, -0.2) is 0 Å². The van der Waals surface area contributed by atoms with Gasteiger partial charge < -0.3 is 4.74 Å². The van der Waals surface area contributed by atoms with Gasteiger partial charge >= 0.3 is 0 Å². The highest BCUT2D eigenvalue weighted by Crippen LogP contribution is 2.11. The van der Waals surface area contributed by atoms with Gasteiger partial charge in [-0.1, -0.05) is 38.2 Å². The van der Waals surface area contributed by atoms with Crippen molar-refractivity contribution in [1.82, 2.24) is 0 Å². The Morgan fingerprint density at radius 1 is 1.50 bits per heavy atom. The molecule has 0 aromatic carbocycles. The van der Waals surface area contributed by atoms with E-state index in [1.165, 1.54) is 31.3 Å². The van der Waals surface area contributed by atoms with Gasteiger partial charge in [0.25, 0.3) is 0 Å². The molecule has 2 rings (SSSR count). The van der Waals surface area contributed by atoms with E-state index in [0.717, 1.165) is 6.61 Å². The minimum Gasteiger partial charge on any atom is -0.373 e. The van der Waals surface area contributed by atoms with Crippen molar-refractivity contribution >= 4 is 0 Å². The second-order valence-electron chi connectivity index (χ2n) is 3.70. The zero-order valence-electron chi connectivity index (χ0n) is 8.75. The third-order valence-corrected chi connectivity index (χ3v) is 2.32. The quantitative estimate of drug-likeness (QED) is 0.575. The first-order chi connectivity index (χ1) is 6.33. The predicted octanol–water partition coefficient (Wildman–Crippen LogP) is 4.10. The first-order valence-corrected chi connectivity index (χ1v) is 5.27. The molecular weight excluding hydrogens is 172 g/mol. The zero-order chi connectivity index (χ0) is 9.52. The SMILES string of the molecule is C.CC1=CC=CCCC1.CCC1CO1. The van der Waals surface area contributed by atoms with Crippen molar-refractivity contribution in [2.24, 2.45) is 0 Å². The molecule has 0 bridgehead atoms. The van der Waals surface area contributed by atoms with Gasteiger partial charge in [0.15, 0.2) is 0 Å². The topological polar surface area (TPSA) is 12.5 Å². The lowest BCUT2D eigenvalue weighted by atomic mass is 10.1. The third kappa shape index (κ3) is 6.90. The number of hydrogen-bond donors (Lipinski definition) is 0. The Hall–Kier alpha value is -0.560. The molecule has 1 nitrogen and oxygen atoms in total. The van der Waals surface area contributed by atoms with Gasteiger partial charge in [-0.05, 0) is 32.6 Å². The van der Waals surface area contributed by atoms with Crippen LogP contribution in [-0.2, 0) is 4.74 Å². The molecule has 0 aromatic rings. The van der Waals surface area contributed by atoms with E-state index < -0.39 is 0 Å². The normalized spacial score (nSPS) is 23.6. The number of epoxide rings is 1. The van der Waals surface area contributed by atoms with Crippen molar-refractivity contribution in [3.05, 3.63) is 23.8 Å². The van der Waals surface area contributed by atoms with E-state index in [1.54, 1.807) is 0 Å². The van der Waals surface area contributed by atoms with E-state index in [2.05, 4.69) is 32.1 Å². The van der Waals surface area contributed by atoms with Crippen LogP contribution in [0.15, 0.2) is 23.8 Å². The van der Waals surface area contributed by atoms with Crippen molar-refractivity contribution in [2.75, 3.05) is 6.61 Å². The van der Waals surface area contributed by atoms with Crippen LogP contribution in [0.2, 0.25) is 0 Å². The van der Waals surface area contributed by atoms with Gasteiger partial charge in [-0.2, -0.15) is 0 Å². The lowest BCUT2D eigenvalue weighted by Gasteiger charge is -1.91. The molecule has 0 N–H and O–H groups in total. The van der Waals surface area contributed by atoms with Crippen LogP contribution >= 0.6 is 0 Å². The van der Waals surface area contributed by atoms with E-state index in [-0.39, 0.29) is 7.43 Å². The van der Waals surface area contributed by atoms with Crippen LogP contribution in [0.1, 0.15) is 47.0 Å². The fraction of sp³-hybridized carbons (Fsp3) is 0.692. The first kappa shape index (κ1) is 13.4. The molecule has 82 valence electrons. The van der Waals surface area contributed by atoms with E-state index >= 15 is 0 Å². The molecule has 1 heteroatoms.